The van der Waals surface area contributed by atoms with Crippen molar-refractivity contribution in [1.82, 2.24) is 0 Å². The summed E-state index contributed by atoms with van der Waals surface area (Å²) in [6.07, 6.45) is 0.688. The lowest BCUT2D eigenvalue weighted by molar-refractivity contribution is 0.167. The maximum atomic E-state index is 11.6. The Balaban J connectivity index is 1.93. The van der Waals surface area contributed by atoms with E-state index in [2.05, 4.69) is 10.5 Å². The van der Waals surface area contributed by atoms with E-state index < -0.39 is 6.09 Å². The summed E-state index contributed by atoms with van der Waals surface area (Å²) in [6.45, 7) is 0. The van der Waals surface area contributed by atoms with E-state index in [1.165, 1.54) is 13.3 Å². The molecular formula is C16H15ClN2O4. The quantitative estimate of drug-likeness (QED) is 0.511. The second kappa shape index (κ2) is 8.05. The highest BCUT2D eigenvalue weighted by Gasteiger charge is 2.04. The molecule has 0 saturated heterocycles. The molecular weight excluding hydrogens is 320 g/mol. The van der Waals surface area contributed by atoms with Crippen LogP contribution in [0.15, 0.2) is 47.6 Å². The molecule has 0 unspecified atom stereocenters. The van der Waals surface area contributed by atoms with E-state index in [0.29, 0.717) is 27.8 Å². The fourth-order valence-electron chi connectivity index (χ4n) is 1.74. The van der Waals surface area contributed by atoms with Gasteiger partial charge in [0.05, 0.1) is 20.4 Å². The van der Waals surface area contributed by atoms with Gasteiger partial charge in [-0.3, -0.25) is 10.2 Å². The van der Waals surface area contributed by atoms with Gasteiger partial charge in [0, 0.05) is 16.3 Å². The van der Waals surface area contributed by atoms with Crippen LogP contribution in [0.5, 0.6) is 11.5 Å². The van der Waals surface area contributed by atoms with Crippen LogP contribution in [0.3, 0.4) is 0 Å². The molecule has 0 spiro atoms. The second-order valence-corrected chi connectivity index (χ2v) is 4.80. The van der Waals surface area contributed by atoms with Crippen LogP contribution < -0.4 is 14.8 Å². The smallest absolute Gasteiger partial charge is 0.437 e. The van der Waals surface area contributed by atoms with E-state index in [9.17, 15) is 4.79 Å². The van der Waals surface area contributed by atoms with E-state index in [1.807, 2.05) is 0 Å². The minimum Gasteiger partial charge on any atom is -0.493 e. The van der Waals surface area contributed by atoms with Crippen LogP contribution in [0.1, 0.15) is 5.56 Å². The van der Waals surface area contributed by atoms with E-state index in [4.69, 9.17) is 25.9 Å². The number of rotatable bonds is 5. The summed E-state index contributed by atoms with van der Waals surface area (Å²) in [4.78, 5) is 16.3. The highest BCUT2D eigenvalue weighted by Crippen LogP contribution is 2.26. The van der Waals surface area contributed by atoms with Crippen LogP contribution in [-0.2, 0) is 4.84 Å². The number of benzene rings is 2. The van der Waals surface area contributed by atoms with Crippen molar-refractivity contribution in [2.45, 2.75) is 0 Å². The number of anilines is 1. The summed E-state index contributed by atoms with van der Waals surface area (Å²) in [6, 6.07) is 11.8. The van der Waals surface area contributed by atoms with Gasteiger partial charge in [-0.2, -0.15) is 0 Å². The number of hydrogen-bond acceptors (Lipinski definition) is 5. The zero-order valence-corrected chi connectivity index (χ0v) is 13.3. The maximum Gasteiger partial charge on any atom is 0.437 e. The first kappa shape index (κ1) is 16.6. The Bertz CT molecular complexity index is 702. The first-order valence-electron chi connectivity index (χ1n) is 6.61. The Kier molecular flexibility index (Phi) is 5.82. The van der Waals surface area contributed by atoms with Gasteiger partial charge in [0.2, 0.25) is 0 Å². The lowest BCUT2D eigenvalue weighted by Crippen LogP contribution is -2.10. The molecule has 0 radical (unpaired) electrons. The number of halogens is 1. The van der Waals surface area contributed by atoms with Gasteiger partial charge in [0.15, 0.2) is 11.5 Å². The van der Waals surface area contributed by atoms with Crippen molar-refractivity contribution in [3.8, 4) is 11.5 Å². The summed E-state index contributed by atoms with van der Waals surface area (Å²) < 4.78 is 10.3. The van der Waals surface area contributed by atoms with Gasteiger partial charge in [-0.15, -0.1) is 0 Å². The zero-order chi connectivity index (χ0) is 16.7. The molecule has 120 valence electrons. The largest absolute Gasteiger partial charge is 0.493 e. The number of nitrogens with zero attached hydrogens (tertiary/aromatic N) is 1. The topological polar surface area (TPSA) is 69.2 Å². The number of oxime groups is 1. The highest BCUT2D eigenvalue weighted by atomic mass is 35.5. The summed E-state index contributed by atoms with van der Waals surface area (Å²) in [7, 11) is 3.09. The van der Waals surface area contributed by atoms with Crippen molar-refractivity contribution in [3.63, 3.8) is 0 Å². The molecule has 6 nitrogen and oxygen atoms in total. The SMILES string of the molecule is COc1ccc(/C=N\OC(=O)Nc2ccc(Cl)cc2)cc1OC. The first-order chi connectivity index (χ1) is 11.1. The van der Waals surface area contributed by atoms with Crippen molar-refractivity contribution >= 4 is 29.6 Å². The molecule has 0 saturated carbocycles. The van der Waals surface area contributed by atoms with Gasteiger partial charge < -0.3 is 9.47 Å². The normalized spacial score (nSPS) is 10.4. The predicted octanol–water partition coefficient (Wildman–Crippen LogP) is 3.94. The minimum absolute atomic E-state index is 0.556. The average Bonchev–Trinajstić information content (AvgIpc) is 2.56. The van der Waals surface area contributed by atoms with Crippen molar-refractivity contribution in [3.05, 3.63) is 53.1 Å². The average molecular weight is 335 g/mol. The monoisotopic (exact) mass is 334 g/mol. The number of amides is 1. The van der Waals surface area contributed by atoms with Gasteiger partial charge >= 0.3 is 6.09 Å². The molecule has 0 atom stereocenters. The van der Waals surface area contributed by atoms with Crippen LogP contribution in [0.4, 0.5) is 10.5 Å². The molecule has 0 aliphatic heterocycles. The molecule has 1 N–H and O–H groups in total. The molecule has 2 rings (SSSR count). The Labute approximate surface area is 138 Å². The molecule has 0 bridgehead atoms. The Morgan fingerprint density at radius 2 is 1.78 bits per heavy atom. The summed E-state index contributed by atoms with van der Waals surface area (Å²) >= 11 is 5.76. The van der Waals surface area contributed by atoms with E-state index >= 15 is 0 Å². The van der Waals surface area contributed by atoms with Crippen LogP contribution in [0.25, 0.3) is 0 Å². The number of hydrogen-bond donors (Lipinski definition) is 1. The van der Waals surface area contributed by atoms with E-state index in [1.54, 1.807) is 49.6 Å². The van der Waals surface area contributed by atoms with Gasteiger partial charge in [-0.1, -0.05) is 16.8 Å². The molecule has 0 aliphatic carbocycles. The number of nitrogens with one attached hydrogen (secondary N) is 1. The van der Waals surface area contributed by atoms with Crippen LogP contribution in [-0.4, -0.2) is 26.5 Å². The fourth-order valence-corrected chi connectivity index (χ4v) is 1.87. The Hall–Kier alpha value is -2.73. The van der Waals surface area contributed by atoms with Crippen LogP contribution in [0.2, 0.25) is 5.02 Å². The third-order valence-electron chi connectivity index (χ3n) is 2.84. The Morgan fingerprint density at radius 1 is 1.09 bits per heavy atom. The third kappa shape index (κ3) is 4.89. The summed E-state index contributed by atoms with van der Waals surface area (Å²) in [5, 5.41) is 6.72. The van der Waals surface area contributed by atoms with Crippen LogP contribution in [0, 0.1) is 0 Å². The van der Waals surface area contributed by atoms with Gasteiger partial charge in [0.25, 0.3) is 0 Å². The maximum absolute atomic E-state index is 11.6. The van der Waals surface area contributed by atoms with E-state index in [0.717, 1.165) is 0 Å². The lowest BCUT2D eigenvalue weighted by Gasteiger charge is -2.07. The Morgan fingerprint density at radius 3 is 2.43 bits per heavy atom. The number of ether oxygens (including phenoxy) is 2. The minimum atomic E-state index is -0.705. The highest BCUT2D eigenvalue weighted by molar-refractivity contribution is 6.30. The molecule has 0 fully saturated rings. The number of methoxy groups -OCH3 is 2. The standard InChI is InChI=1S/C16H15ClN2O4/c1-21-14-8-3-11(9-15(14)22-2)10-18-23-16(20)19-13-6-4-12(17)5-7-13/h3-10H,1-2H3,(H,19,20)/b18-10-. The molecule has 0 aromatic heterocycles. The van der Waals surface area contributed by atoms with Crippen LogP contribution >= 0.6 is 11.6 Å². The third-order valence-corrected chi connectivity index (χ3v) is 3.09. The number of carbonyl (C=O) groups excluding carboxylic acids is 1. The fraction of sp³-hybridized carbons (Fsp3) is 0.125. The van der Waals surface area contributed by atoms with Crippen molar-refractivity contribution in [2.75, 3.05) is 19.5 Å². The molecule has 7 heteroatoms. The van der Waals surface area contributed by atoms with E-state index in [-0.39, 0.29) is 0 Å². The van der Waals surface area contributed by atoms with Gasteiger partial charge in [-0.25, -0.2) is 4.79 Å². The lowest BCUT2D eigenvalue weighted by atomic mass is 10.2. The molecule has 0 heterocycles. The second-order valence-electron chi connectivity index (χ2n) is 4.36. The number of carbonyl (C=O) groups is 1. The molecule has 2 aromatic rings. The van der Waals surface area contributed by atoms with Gasteiger partial charge in [0.1, 0.15) is 0 Å². The molecule has 2 aromatic carbocycles. The molecule has 0 aliphatic rings. The summed E-state index contributed by atoms with van der Waals surface area (Å²) in [5.41, 5.74) is 1.25. The van der Waals surface area contributed by atoms with Crippen molar-refractivity contribution in [1.29, 1.82) is 0 Å². The molecule has 1 amide bonds. The summed E-state index contributed by atoms with van der Waals surface area (Å²) in [5.74, 6) is 1.16. The zero-order valence-electron chi connectivity index (χ0n) is 12.6. The first-order valence-corrected chi connectivity index (χ1v) is 6.99. The predicted molar refractivity (Wildman–Crippen MR) is 88.7 cm³/mol. The van der Waals surface area contributed by atoms with Gasteiger partial charge in [-0.05, 0) is 42.5 Å². The van der Waals surface area contributed by atoms with Crippen molar-refractivity contribution < 1.29 is 19.1 Å². The molecule has 23 heavy (non-hydrogen) atoms. The van der Waals surface area contributed by atoms with Crippen molar-refractivity contribution in [2.24, 2.45) is 5.16 Å².